The number of hydrogen-bond acceptors (Lipinski definition) is 6. The summed E-state index contributed by atoms with van der Waals surface area (Å²) in [6.45, 7) is 4.52. The Morgan fingerprint density at radius 1 is 1.16 bits per heavy atom. The zero-order chi connectivity index (χ0) is 22.2. The predicted octanol–water partition coefficient (Wildman–Crippen LogP) is 4.89. The van der Waals surface area contributed by atoms with Gasteiger partial charge in [-0.2, -0.15) is 13.2 Å². The van der Waals surface area contributed by atoms with Gasteiger partial charge in [0, 0.05) is 35.9 Å². The van der Waals surface area contributed by atoms with Gasteiger partial charge in [-0.15, -0.1) is 0 Å². The molecule has 3 N–H and O–H groups in total. The molecule has 2 aromatic heterocycles. The molecule has 0 aliphatic carbocycles. The van der Waals surface area contributed by atoms with Gasteiger partial charge in [-0.25, -0.2) is 9.97 Å². The van der Waals surface area contributed by atoms with E-state index in [0.717, 1.165) is 36.3 Å². The van der Waals surface area contributed by atoms with Gasteiger partial charge in [-0.1, -0.05) is 11.6 Å². The summed E-state index contributed by atoms with van der Waals surface area (Å²) in [5, 5.41) is 4.20. The van der Waals surface area contributed by atoms with E-state index in [1.807, 2.05) is 6.07 Å². The summed E-state index contributed by atoms with van der Waals surface area (Å²) in [6, 6.07) is 6.66. The van der Waals surface area contributed by atoms with Crippen LogP contribution < -0.4 is 16.0 Å². The molecular formula is C21H21ClF3N5O. The number of morpholine rings is 1. The minimum Gasteiger partial charge on any atom is -0.399 e. The molecule has 31 heavy (non-hydrogen) atoms. The first-order chi connectivity index (χ1) is 14.7. The van der Waals surface area contributed by atoms with E-state index in [-0.39, 0.29) is 10.8 Å². The highest BCUT2D eigenvalue weighted by molar-refractivity contribution is 6.30. The third-order valence-corrected chi connectivity index (χ3v) is 5.37. The van der Waals surface area contributed by atoms with E-state index in [2.05, 4.69) is 20.2 Å². The number of benzene rings is 1. The van der Waals surface area contributed by atoms with Crippen LogP contribution in [0.4, 0.5) is 30.2 Å². The van der Waals surface area contributed by atoms with Crippen molar-refractivity contribution in [1.29, 1.82) is 0 Å². The van der Waals surface area contributed by atoms with Crippen molar-refractivity contribution in [1.82, 2.24) is 9.97 Å². The Labute approximate surface area is 182 Å². The number of nitrogens with zero attached hydrogens (tertiary/aromatic N) is 3. The average molecular weight is 452 g/mol. The Morgan fingerprint density at radius 2 is 1.90 bits per heavy atom. The van der Waals surface area contributed by atoms with E-state index < -0.39 is 17.8 Å². The van der Waals surface area contributed by atoms with Crippen molar-refractivity contribution in [2.45, 2.75) is 19.1 Å². The lowest BCUT2D eigenvalue weighted by Gasteiger charge is -2.28. The second-order valence-corrected chi connectivity index (χ2v) is 7.80. The second kappa shape index (κ2) is 8.39. The molecular weight excluding hydrogens is 431 g/mol. The van der Waals surface area contributed by atoms with E-state index in [9.17, 15) is 13.2 Å². The van der Waals surface area contributed by atoms with E-state index >= 15 is 0 Å². The molecule has 0 saturated carbocycles. The number of nitrogens with two attached hydrogens (primary N) is 1. The number of fused-ring (bicyclic) bond motifs is 1. The fourth-order valence-electron chi connectivity index (χ4n) is 3.58. The van der Waals surface area contributed by atoms with Gasteiger partial charge in [0.1, 0.15) is 5.15 Å². The van der Waals surface area contributed by atoms with Gasteiger partial charge in [-0.3, -0.25) is 0 Å². The average Bonchev–Trinajstić information content (AvgIpc) is 2.73. The third-order valence-electron chi connectivity index (χ3n) is 5.17. The molecule has 1 atom stereocenters. The van der Waals surface area contributed by atoms with Gasteiger partial charge in [0.2, 0.25) is 0 Å². The molecule has 1 fully saturated rings. The molecule has 6 nitrogen and oxygen atoms in total. The summed E-state index contributed by atoms with van der Waals surface area (Å²) in [4.78, 5) is 10.9. The number of aromatic nitrogens is 2. The number of hydrogen-bond donors (Lipinski definition) is 2. The van der Waals surface area contributed by atoms with Crippen LogP contribution in [0.3, 0.4) is 0 Å². The van der Waals surface area contributed by atoms with Crippen molar-refractivity contribution in [3.8, 4) is 0 Å². The van der Waals surface area contributed by atoms with Crippen molar-refractivity contribution in [2.75, 3.05) is 42.3 Å². The first-order valence-corrected chi connectivity index (χ1v) is 10.1. The fourth-order valence-corrected chi connectivity index (χ4v) is 3.77. The monoisotopic (exact) mass is 451 g/mol. The molecule has 1 saturated heterocycles. The van der Waals surface area contributed by atoms with E-state index in [1.165, 1.54) is 6.07 Å². The van der Waals surface area contributed by atoms with Crippen LogP contribution in [0.1, 0.15) is 24.1 Å². The molecule has 0 unspecified atom stereocenters. The molecule has 3 aromatic rings. The van der Waals surface area contributed by atoms with Crippen molar-refractivity contribution in [2.24, 2.45) is 0 Å². The zero-order valence-corrected chi connectivity index (χ0v) is 17.5. The van der Waals surface area contributed by atoms with Crippen molar-refractivity contribution < 1.29 is 17.9 Å². The van der Waals surface area contributed by atoms with Crippen LogP contribution in [0.25, 0.3) is 11.0 Å². The molecule has 1 aliphatic rings. The van der Waals surface area contributed by atoms with Crippen molar-refractivity contribution in [3.05, 3.63) is 52.8 Å². The van der Waals surface area contributed by atoms with Crippen LogP contribution in [0, 0.1) is 0 Å². The molecule has 0 radical (unpaired) electrons. The predicted molar refractivity (Wildman–Crippen MR) is 115 cm³/mol. The minimum absolute atomic E-state index is 0.0485. The van der Waals surface area contributed by atoms with Gasteiger partial charge < -0.3 is 20.7 Å². The first kappa shape index (κ1) is 21.5. The molecule has 1 aromatic carbocycles. The van der Waals surface area contributed by atoms with Crippen LogP contribution in [-0.2, 0) is 10.9 Å². The zero-order valence-electron chi connectivity index (χ0n) is 16.7. The fraction of sp³-hybridized carbons (Fsp3) is 0.333. The highest BCUT2D eigenvalue weighted by Crippen LogP contribution is 2.35. The van der Waals surface area contributed by atoms with Crippen molar-refractivity contribution >= 4 is 39.7 Å². The van der Waals surface area contributed by atoms with Gasteiger partial charge in [-0.05, 0) is 42.8 Å². The maximum atomic E-state index is 13.2. The smallest absolute Gasteiger partial charge is 0.399 e. The second-order valence-electron chi connectivity index (χ2n) is 7.41. The van der Waals surface area contributed by atoms with E-state index in [0.29, 0.717) is 30.1 Å². The van der Waals surface area contributed by atoms with Crippen LogP contribution in [0.15, 0.2) is 36.5 Å². The standard InChI is InChI=1S/C21H21ClF3N5O/c1-12(13-6-14(21(23,24)25)8-15(26)7-13)28-18-10-19(22)29-20-17(18)9-16(11-27-20)30-2-4-31-5-3-30/h6-12H,2-5,26H2,1H3,(H,27,28,29)/t12-/m1/s1. The maximum absolute atomic E-state index is 13.2. The highest BCUT2D eigenvalue weighted by Gasteiger charge is 2.31. The number of nitrogen functional groups attached to an aromatic ring is 1. The lowest BCUT2D eigenvalue weighted by molar-refractivity contribution is -0.137. The van der Waals surface area contributed by atoms with Gasteiger partial charge in [0.05, 0.1) is 30.7 Å². The van der Waals surface area contributed by atoms with Crippen LogP contribution in [0.5, 0.6) is 0 Å². The number of pyridine rings is 2. The summed E-state index contributed by atoms with van der Waals surface area (Å²) in [5.41, 5.74) is 7.38. The van der Waals surface area contributed by atoms with Crippen LogP contribution >= 0.6 is 11.6 Å². The lowest BCUT2D eigenvalue weighted by atomic mass is 10.0. The molecule has 3 heterocycles. The van der Waals surface area contributed by atoms with Crippen LogP contribution in [0.2, 0.25) is 5.15 Å². The summed E-state index contributed by atoms with van der Waals surface area (Å²) >= 11 is 6.17. The highest BCUT2D eigenvalue weighted by atomic mass is 35.5. The van der Waals surface area contributed by atoms with Gasteiger partial charge >= 0.3 is 6.18 Å². The summed E-state index contributed by atoms with van der Waals surface area (Å²) in [5.74, 6) is 0. The number of halogens is 4. The number of ether oxygens (including phenoxy) is 1. The van der Waals surface area contributed by atoms with Gasteiger partial charge in [0.15, 0.2) is 5.65 Å². The molecule has 164 valence electrons. The largest absolute Gasteiger partial charge is 0.416 e. The Balaban J connectivity index is 1.69. The normalized spacial score (nSPS) is 15.8. The first-order valence-electron chi connectivity index (χ1n) is 9.74. The molecule has 0 amide bonds. The number of rotatable bonds is 4. The topological polar surface area (TPSA) is 76.3 Å². The van der Waals surface area contributed by atoms with Gasteiger partial charge in [0.25, 0.3) is 0 Å². The Kier molecular flexibility index (Phi) is 5.81. The van der Waals surface area contributed by atoms with Crippen LogP contribution in [-0.4, -0.2) is 36.3 Å². The quantitative estimate of drug-likeness (QED) is 0.434. The molecule has 4 rings (SSSR count). The maximum Gasteiger partial charge on any atom is 0.416 e. The Bertz CT molecular complexity index is 1100. The minimum atomic E-state index is -4.48. The SMILES string of the molecule is C[C@@H](Nc1cc(Cl)nc2ncc(N3CCOCC3)cc12)c1cc(N)cc(C(F)(F)F)c1. The molecule has 0 spiro atoms. The molecule has 0 bridgehead atoms. The number of anilines is 3. The van der Waals surface area contributed by atoms with Crippen molar-refractivity contribution in [3.63, 3.8) is 0 Å². The molecule has 1 aliphatic heterocycles. The van der Waals surface area contributed by atoms with E-state index in [4.69, 9.17) is 22.1 Å². The Hall–Kier alpha value is -2.78. The summed E-state index contributed by atoms with van der Waals surface area (Å²) in [7, 11) is 0. The summed E-state index contributed by atoms with van der Waals surface area (Å²) in [6.07, 6.45) is -2.74. The summed E-state index contributed by atoms with van der Waals surface area (Å²) < 4.78 is 45.0. The number of alkyl halides is 3. The molecule has 10 heteroatoms. The number of nitrogens with one attached hydrogen (secondary N) is 1. The Morgan fingerprint density at radius 3 is 2.61 bits per heavy atom. The third kappa shape index (κ3) is 4.77. The lowest BCUT2D eigenvalue weighted by Crippen LogP contribution is -2.36. The van der Waals surface area contributed by atoms with E-state index in [1.54, 1.807) is 19.2 Å².